The summed E-state index contributed by atoms with van der Waals surface area (Å²) in [7, 11) is 0. The van der Waals surface area contributed by atoms with Crippen molar-refractivity contribution in [3.05, 3.63) is 55.1 Å². The molecule has 0 bridgehead atoms. The molecule has 170 valence electrons. The molecule has 2 aliphatic heterocycles. The van der Waals surface area contributed by atoms with Crippen LogP contribution in [0.15, 0.2) is 49.6 Å². The van der Waals surface area contributed by atoms with E-state index in [0.29, 0.717) is 11.3 Å². The summed E-state index contributed by atoms with van der Waals surface area (Å²) in [5, 5.41) is 0. The van der Waals surface area contributed by atoms with Crippen LogP contribution in [0.25, 0.3) is 0 Å². The van der Waals surface area contributed by atoms with Gasteiger partial charge in [-0.15, -0.1) is 13.2 Å². The zero-order valence-electron chi connectivity index (χ0n) is 18.6. The topological polar surface area (TPSA) is 87.2 Å². The molecule has 0 saturated carbocycles. The number of amides is 3. The van der Waals surface area contributed by atoms with E-state index in [1.807, 2.05) is 13.8 Å². The summed E-state index contributed by atoms with van der Waals surface area (Å²) in [4.78, 5) is 56.7. The Morgan fingerprint density at radius 2 is 1.84 bits per heavy atom. The van der Waals surface area contributed by atoms with E-state index in [1.165, 1.54) is 14.7 Å². The lowest BCUT2D eigenvalue weighted by Crippen LogP contribution is -2.69. The number of ether oxygens (including phenoxy) is 1. The van der Waals surface area contributed by atoms with Crippen LogP contribution in [0.1, 0.15) is 37.0 Å². The molecule has 8 heteroatoms. The fraction of sp³-hybridized carbons (Fsp3) is 0.417. The van der Waals surface area contributed by atoms with Gasteiger partial charge in [0, 0.05) is 32.5 Å². The molecule has 2 heterocycles. The molecule has 0 spiro atoms. The molecule has 1 saturated heterocycles. The Labute approximate surface area is 188 Å². The highest BCUT2D eigenvalue weighted by atomic mass is 16.5. The first kappa shape index (κ1) is 23.2. The van der Waals surface area contributed by atoms with Crippen LogP contribution in [0.5, 0.6) is 0 Å². The van der Waals surface area contributed by atoms with E-state index in [1.54, 1.807) is 36.4 Å². The van der Waals surface area contributed by atoms with E-state index in [9.17, 15) is 19.2 Å². The molecule has 1 fully saturated rings. The Kier molecular flexibility index (Phi) is 6.81. The normalized spacial score (nSPS) is 19.5. The first-order valence-corrected chi connectivity index (χ1v) is 10.7. The van der Waals surface area contributed by atoms with Crippen molar-refractivity contribution >= 4 is 29.4 Å². The van der Waals surface area contributed by atoms with Crippen LogP contribution in [0.3, 0.4) is 0 Å². The lowest BCUT2D eigenvalue weighted by molar-refractivity contribution is -0.162. The van der Waals surface area contributed by atoms with Gasteiger partial charge in [0.1, 0.15) is 0 Å². The van der Waals surface area contributed by atoms with Gasteiger partial charge in [-0.2, -0.15) is 0 Å². The SMILES string of the molecule is C=CCN(CC=C)C(=O)COC(=O)C12CCC(=O)N1c1ccccc1C(=O)N2CC(C)C. The second-order valence-electron chi connectivity index (χ2n) is 8.32. The Morgan fingerprint density at radius 1 is 1.19 bits per heavy atom. The maximum absolute atomic E-state index is 13.5. The van der Waals surface area contributed by atoms with Crippen molar-refractivity contribution in [2.24, 2.45) is 5.92 Å². The zero-order valence-corrected chi connectivity index (χ0v) is 18.6. The monoisotopic (exact) mass is 439 g/mol. The van der Waals surface area contributed by atoms with Crippen molar-refractivity contribution in [3.8, 4) is 0 Å². The summed E-state index contributed by atoms with van der Waals surface area (Å²) in [5.74, 6) is -1.74. The van der Waals surface area contributed by atoms with Crippen LogP contribution in [-0.2, 0) is 19.1 Å². The molecule has 1 atom stereocenters. The molecule has 1 aromatic rings. The average Bonchev–Trinajstić information content (AvgIpc) is 3.12. The predicted octanol–water partition coefficient (Wildman–Crippen LogP) is 2.37. The highest BCUT2D eigenvalue weighted by molar-refractivity contribution is 6.15. The molecule has 0 aromatic heterocycles. The van der Waals surface area contributed by atoms with E-state index < -0.39 is 24.1 Å². The van der Waals surface area contributed by atoms with Gasteiger partial charge in [-0.25, -0.2) is 4.79 Å². The second kappa shape index (κ2) is 9.38. The van der Waals surface area contributed by atoms with Crippen LogP contribution in [0, 0.1) is 5.92 Å². The molecule has 0 N–H and O–H groups in total. The third-order valence-electron chi connectivity index (χ3n) is 5.63. The Bertz CT molecular complexity index is 947. The van der Waals surface area contributed by atoms with Crippen LogP contribution in [0.4, 0.5) is 5.69 Å². The number of nitrogens with zero attached hydrogens (tertiary/aromatic N) is 3. The number of anilines is 1. The number of rotatable bonds is 9. The molecule has 3 amide bonds. The van der Waals surface area contributed by atoms with Gasteiger partial charge in [0.15, 0.2) is 6.61 Å². The fourth-order valence-electron chi connectivity index (χ4n) is 4.29. The summed E-state index contributed by atoms with van der Waals surface area (Å²) in [6, 6.07) is 6.75. The molecule has 0 radical (unpaired) electrons. The van der Waals surface area contributed by atoms with Gasteiger partial charge in [-0.1, -0.05) is 38.1 Å². The highest BCUT2D eigenvalue weighted by Crippen LogP contribution is 2.45. The number of para-hydroxylation sites is 1. The Balaban J connectivity index is 1.97. The van der Waals surface area contributed by atoms with Crippen molar-refractivity contribution in [2.75, 3.05) is 31.1 Å². The summed E-state index contributed by atoms with van der Waals surface area (Å²) >= 11 is 0. The molecule has 1 unspecified atom stereocenters. The number of carbonyl (C=O) groups is 4. The standard InChI is InChI=1S/C24H29N3O5/c1-5-13-25(14-6-2)21(29)16-32-23(31)24-12-11-20(28)27(24)19-10-8-7-9-18(19)22(30)26(24)15-17(3)4/h5-10,17H,1-2,11-16H2,3-4H3. The van der Waals surface area contributed by atoms with Gasteiger partial charge in [0.05, 0.1) is 11.3 Å². The Morgan fingerprint density at radius 3 is 2.47 bits per heavy atom. The van der Waals surface area contributed by atoms with Crippen LogP contribution >= 0.6 is 0 Å². The maximum Gasteiger partial charge on any atom is 0.354 e. The van der Waals surface area contributed by atoms with Gasteiger partial charge in [0.25, 0.3) is 11.8 Å². The van der Waals surface area contributed by atoms with Crippen LogP contribution in [0.2, 0.25) is 0 Å². The van der Waals surface area contributed by atoms with Gasteiger partial charge >= 0.3 is 5.97 Å². The average molecular weight is 440 g/mol. The number of benzene rings is 1. The largest absolute Gasteiger partial charge is 0.452 e. The number of hydrogen-bond donors (Lipinski definition) is 0. The maximum atomic E-state index is 13.5. The quantitative estimate of drug-likeness (QED) is 0.436. The molecule has 2 aliphatic rings. The number of hydrogen-bond acceptors (Lipinski definition) is 5. The number of fused-ring (bicyclic) bond motifs is 3. The summed E-state index contributed by atoms with van der Waals surface area (Å²) in [6.07, 6.45) is 3.34. The van der Waals surface area contributed by atoms with Crippen LogP contribution < -0.4 is 4.90 Å². The minimum atomic E-state index is -1.60. The molecule has 32 heavy (non-hydrogen) atoms. The summed E-state index contributed by atoms with van der Waals surface area (Å²) < 4.78 is 5.46. The van der Waals surface area contributed by atoms with Gasteiger partial charge in [-0.05, 0) is 18.1 Å². The minimum Gasteiger partial charge on any atom is -0.452 e. The van der Waals surface area contributed by atoms with Gasteiger partial charge in [-0.3, -0.25) is 19.3 Å². The first-order valence-electron chi connectivity index (χ1n) is 10.7. The van der Waals surface area contributed by atoms with E-state index >= 15 is 0 Å². The first-order chi connectivity index (χ1) is 15.3. The van der Waals surface area contributed by atoms with Gasteiger partial charge < -0.3 is 14.5 Å². The molecular weight excluding hydrogens is 410 g/mol. The highest BCUT2D eigenvalue weighted by Gasteiger charge is 2.62. The predicted molar refractivity (Wildman–Crippen MR) is 120 cm³/mol. The third kappa shape index (κ3) is 3.92. The third-order valence-corrected chi connectivity index (χ3v) is 5.63. The van der Waals surface area contributed by atoms with Crippen molar-refractivity contribution < 1.29 is 23.9 Å². The lowest BCUT2D eigenvalue weighted by atomic mass is 9.95. The minimum absolute atomic E-state index is 0.0451. The number of esters is 1. The van der Waals surface area contributed by atoms with Crippen molar-refractivity contribution in [1.29, 1.82) is 0 Å². The van der Waals surface area contributed by atoms with Crippen molar-refractivity contribution in [1.82, 2.24) is 9.80 Å². The molecule has 3 rings (SSSR count). The fourth-order valence-corrected chi connectivity index (χ4v) is 4.29. The Hall–Kier alpha value is -3.42. The van der Waals surface area contributed by atoms with E-state index in [-0.39, 0.29) is 50.2 Å². The van der Waals surface area contributed by atoms with E-state index in [2.05, 4.69) is 13.2 Å². The van der Waals surface area contributed by atoms with E-state index in [0.717, 1.165) is 0 Å². The molecule has 0 aliphatic carbocycles. The van der Waals surface area contributed by atoms with Gasteiger partial charge in [0.2, 0.25) is 11.6 Å². The van der Waals surface area contributed by atoms with E-state index in [4.69, 9.17) is 4.74 Å². The molecule has 8 nitrogen and oxygen atoms in total. The zero-order chi connectivity index (χ0) is 23.5. The summed E-state index contributed by atoms with van der Waals surface area (Å²) in [5.41, 5.74) is -0.844. The smallest absolute Gasteiger partial charge is 0.354 e. The van der Waals surface area contributed by atoms with Crippen LogP contribution in [-0.4, -0.2) is 65.4 Å². The summed E-state index contributed by atoms with van der Waals surface area (Å²) in [6.45, 7) is 11.4. The number of carbonyl (C=O) groups excluding carboxylic acids is 4. The molecule has 1 aromatic carbocycles. The van der Waals surface area contributed by atoms with Crippen molar-refractivity contribution in [2.45, 2.75) is 32.4 Å². The molecular formula is C24H29N3O5. The lowest BCUT2D eigenvalue weighted by Gasteiger charge is -2.48. The van der Waals surface area contributed by atoms with Crippen molar-refractivity contribution in [3.63, 3.8) is 0 Å². The second-order valence-corrected chi connectivity index (χ2v) is 8.32.